The zero-order valence-electron chi connectivity index (χ0n) is 23.8. The number of halogens is 3. The Labute approximate surface area is 254 Å². The summed E-state index contributed by atoms with van der Waals surface area (Å²) in [5.74, 6) is -1.56. The number of hydrogen-bond acceptors (Lipinski definition) is 8. The molecule has 1 saturated heterocycles. The van der Waals surface area contributed by atoms with E-state index in [4.69, 9.17) is 4.74 Å². The van der Waals surface area contributed by atoms with Crippen LogP contribution >= 0.6 is 11.8 Å². The average molecular weight is 633 g/mol. The Balaban J connectivity index is 1.58. The van der Waals surface area contributed by atoms with E-state index < -0.39 is 35.2 Å². The summed E-state index contributed by atoms with van der Waals surface area (Å²) in [7, 11) is 0. The highest BCUT2D eigenvalue weighted by Crippen LogP contribution is 2.37. The van der Waals surface area contributed by atoms with Gasteiger partial charge in [-0.2, -0.15) is 13.2 Å². The third-order valence-corrected chi connectivity index (χ3v) is 8.40. The van der Waals surface area contributed by atoms with Gasteiger partial charge < -0.3 is 19.7 Å². The molecule has 3 N–H and O–H groups in total. The first-order valence-electron chi connectivity index (χ1n) is 14.1. The van der Waals surface area contributed by atoms with Crippen LogP contribution in [0.25, 0.3) is 22.0 Å². The number of aliphatic imine (C=N–C) groups is 1. The molecule has 44 heavy (non-hydrogen) atoms. The molecular weight excluding hydrogens is 601 g/mol. The van der Waals surface area contributed by atoms with E-state index in [0.29, 0.717) is 61.5 Å². The fourth-order valence-corrected chi connectivity index (χ4v) is 6.10. The molecule has 0 saturated carbocycles. The first kappa shape index (κ1) is 31.5. The molecule has 0 spiro atoms. The third kappa shape index (κ3) is 7.05. The summed E-state index contributed by atoms with van der Waals surface area (Å²) >= 11 is 0.933. The molecule has 1 fully saturated rings. The maximum Gasteiger partial charge on any atom is 0.411 e. The highest BCUT2D eigenvalue weighted by atomic mass is 32.2. The summed E-state index contributed by atoms with van der Waals surface area (Å²) in [6, 6.07) is 3.96. The fourth-order valence-electron chi connectivity index (χ4n) is 4.99. The number of rotatable bonds is 9. The Morgan fingerprint density at radius 3 is 2.61 bits per heavy atom. The number of carbonyl (C=O) groups is 2. The molecule has 2 aliphatic heterocycles. The Morgan fingerprint density at radius 1 is 1.16 bits per heavy atom. The van der Waals surface area contributed by atoms with Crippen molar-refractivity contribution in [1.29, 1.82) is 0 Å². The summed E-state index contributed by atoms with van der Waals surface area (Å²) in [5.41, 5.74) is 0.546. The largest absolute Gasteiger partial charge is 0.477 e. The maximum absolute atomic E-state index is 13.5. The van der Waals surface area contributed by atoms with Gasteiger partial charge in [0.2, 0.25) is 5.43 Å². The normalized spacial score (nSPS) is 17.5. The molecule has 0 bridgehead atoms. The number of fused-ring (bicyclic) bond motifs is 1. The fraction of sp³-hybridized carbons (Fsp3) is 0.414. The second-order valence-corrected chi connectivity index (χ2v) is 11.4. The number of carboxylic acid groups (broad SMARTS) is 1. The van der Waals surface area contributed by atoms with Gasteiger partial charge >= 0.3 is 18.2 Å². The van der Waals surface area contributed by atoms with Crippen molar-refractivity contribution in [3.8, 4) is 11.1 Å². The van der Waals surface area contributed by atoms with Crippen LogP contribution in [0.2, 0.25) is 0 Å². The molecule has 15 heteroatoms. The average Bonchev–Trinajstić information content (AvgIpc) is 3.51. The van der Waals surface area contributed by atoms with Gasteiger partial charge in [-0.1, -0.05) is 13.0 Å². The van der Waals surface area contributed by atoms with E-state index in [-0.39, 0.29) is 22.0 Å². The molecule has 11 nitrogen and oxygen atoms in total. The number of benzene rings is 1. The van der Waals surface area contributed by atoms with Crippen LogP contribution in [-0.4, -0.2) is 94.0 Å². The van der Waals surface area contributed by atoms with Crippen LogP contribution in [0.4, 0.5) is 23.8 Å². The van der Waals surface area contributed by atoms with Gasteiger partial charge in [0.25, 0.3) is 0 Å². The Kier molecular flexibility index (Phi) is 9.56. The number of nitrogens with zero attached hydrogens (tertiary/aromatic N) is 4. The topological polar surface area (TPSA) is 138 Å². The lowest BCUT2D eigenvalue weighted by Crippen LogP contribution is -2.38. The zero-order valence-corrected chi connectivity index (χ0v) is 24.6. The van der Waals surface area contributed by atoms with Crippen LogP contribution in [0.5, 0.6) is 0 Å². The highest BCUT2D eigenvalue weighted by molar-refractivity contribution is 8.14. The van der Waals surface area contributed by atoms with Gasteiger partial charge in [-0.25, -0.2) is 14.6 Å². The molecule has 3 aromatic rings. The minimum absolute atomic E-state index is 0.107. The van der Waals surface area contributed by atoms with Gasteiger partial charge in [0.1, 0.15) is 11.4 Å². The van der Waals surface area contributed by atoms with E-state index in [0.717, 1.165) is 24.9 Å². The van der Waals surface area contributed by atoms with Crippen LogP contribution in [0, 0.1) is 0 Å². The third-order valence-electron chi connectivity index (χ3n) is 7.32. The van der Waals surface area contributed by atoms with Crippen molar-refractivity contribution in [1.82, 2.24) is 19.8 Å². The van der Waals surface area contributed by atoms with Crippen molar-refractivity contribution in [2.45, 2.75) is 32.1 Å². The second kappa shape index (κ2) is 13.4. The first-order chi connectivity index (χ1) is 21.0. The molecule has 234 valence electrons. The number of pyridine rings is 2. The predicted octanol–water partition coefficient (Wildman–Crippen LogP) is 4.05. The number of hydrogen-bond donors (Lipinski definition) is 3. The molecular formula is C29H31F3N6O5S. The van der Waals surface area contributed by atoms with Gasteiger partial charge in [-0.3, -0.25) is 20.0 Å². The Bertz CT molecular complexity index is 1650. The lowest BCUT2D eigenvalue weighted by atomic mass is 9.99. The predicted molar refractivity (Wildman–Crippen MR) is 162 cm³/mol. The number of carboxylic acids is 1. The number of alkyl halides is 3. The molecule has 2 amide bonds. The van der Waals surface area contributed by atoms with Gasteiger partial charge in [-0.15, -0.1) is 11.8 Å². The SMILES string of the molecule is CCCNC(=O)Nc1cc(C2=NC(C(F)(F)F)CS2)c(-c2ccc3c(c2)c(=O)c(C(=O)O)cn3CCN2CCOCC2)cn1. The Hall–Kier alpha value is -3.95. The van der Waals surface area contributed by atoms with Crippen LogP contribution in [-0.2, 0) is 11.3 Å². The van der Waals surface area contributed by atoms with E-state index in [9.17, 15) is 32.7 Å². The lowest BCUT2D eigenvalue weighted by Gasteiger charge is -2.27. The van der Waals surface area contributed by atoms with Crippen LogP contribution < -0.4 is 16.1 Å². The number of amides is 2. The minimum Gasteiger partial charge on any atom is -0.477 e. The van der Waals surface area contributed by atoms with Gasteiger partial charge in [0.15, 0.2) is 6.04 Å². The van der Waals surface area contributed by atoms with Crippen molar-refractivity contribution < 1.29 is 32.6 Å². The second-order valence-electron chi connectivity index (χ2n) is 10.4. The van der Waals surface area contributed by atoms with E-state index in [1.807, 2.05) is 6.92 Å². The van der Waals surface area contributed by atoms with Crippen molar-refractivity contribution >= 4 is 45.5 Å². The monoisotopic (exact) mass is 632 g/mol. The standard InChI is InChI=1S/C29H31F3N6O5S/c1-2-5-33-28(42)36-24-13-18(26-35-23(16-44-26)29(30,31)32)20(14-34-24)17-3-4-22-19(12-17)25(39)21(27(40)41)15-38(22)7-6-37-8-10-43-11-9-37/h3-4,12-15,23H,2,5-11,16H2,1H3,(H,40,41)(H2,33,34,36,42). The number of aromatic carboxylic acids is 1. The van der Waals surface area contributed by atoms with Crippen LogP contribution in [0.15, 0.2) is 46.4 Å². The smallest absolute Gasteiger partial charge is 0.411 e. The number of nitrogens with one attached hydrogen (secondary N) is 2. The molecule has 1 atom stereocenters. The summed E-state index contributed by atoms with van der Waals surface area (Å²) in [5, 5.41) is 15.3. The van der Waals surface area contributed by atoms with E-state index >= 15 is 0 Å². The van der Waals surface area contributed by atoms with Gasteiger partial charge in [-0.05, 0) is 30.2 Å². The quantitative estimate of drug-likeness (QED) is 0.321. The molecule has 2 aromatic heterocycles. The molecule has 4 heterocycles. The van der Waals surface area contributed by atoms with E-state index in [1.165, 1.54) is 24.5 Å². The number of carbonyl (C=O) groups excluding carboxylic acids is 1. The lowest BCUT2D eigenvalue weighted by molar-refractivity contribution is -0.141. The molecule has 5 rings (SSSR count). The number of morpholine rings is 1. The van der Waals surface area contributed by atoms with Crippen molar-refractivity contribution in [2.24, 2.45) is 4.99 Å². The number of aromatic nitrogens is 2. The summed E-state index contributed by atoms with van der Waals surface area (Å²) in [4.78, 5) is 48.0. The molecule has 1 aromatic carbocycles. The number of urea groups is 1. The molecule has 2 aliphatic rings. The molecule has 0 radical (unpaired) electrons. The van der Waals surface area contributed by atoms with Crippen LogP contribution in [0.3, 0.4) is 0 Å². The van der Waals surface area contributed by atoms with Gasteiger partial charge in [0.05, 0.1) is 23.8 Å². The summed E-state index contributed by atoms with van der Waals surface area (Å²) in [6.07, 6.45) is -1.08. The minimum atomic E-state index is -4.52. The molecule has 0 aliphatic carbocycles. The van der Waals surface area contributed by atoms with Crippen molar-refractivity contribution in [2.75, 3.05) is 50.5 Å². The number of ether oxygens (including phenoxy) is 1. The van der Waals surface area contributed by atoms with Crippen molar-refractivity contribution in [3.05, 3.63) is 58.0 Å². The van der Waals surface area contributed by atoms with Gasteiger partial charge in [0, 0.05) is 67.4 Å². The molecule has 1 unspecified atom stereocenters. The maximum atomic E-state index is 13.5. The van der Waals surface area contributed by atoms with E-state index in [2.05, 4.69) is 25.5 Å². The Morgan fingerprint density at radius 2 is 1.93 bits per heavy atom. The number of anilines is 1. The zero-order chi connectivity index (χ0) is 31.4. The first-order valence-corrected chi connectivity index (χ1v) is 15.1. The summed E-state index contributed by atoms with van der Waals surface area (Å²) < 4.78 is 47.6. The van der Waals surface area contributed by atoms with E-state index in [1.54, 1.807) is 16.7 Å². The highest BCUT2D eigenvalue weighted by Gasteiger charge is 2.43. The van der Waals surface area contributed by atoms with Crippen LogP contribution in [0.1, 0.15) is 29.3 Å². The summed E-state index contributed by atoms with van der Waals surface area (Å²) in [6.45, 7) is 6.06. The number of thioether (sulfide) groups is 1. The van der Waals surface area contributed by atoms with Crippen molar-refractivity contribution in [3.63, 3.8) is 0 Å².